The van der Waals surface area contributed by atoms with Crippen molar-refractivity contribution in [3.63, 3.8) is 0 Å². The fraction of sp³-hybridized carbons (Fsp3) is 0.294. The average molecular weight is 388 g/mol. The summed E-state index contributed by atoms with van der Waals surface area (Å²) in [6.45, 7) is 3.69. The Hall–Kier alpha value is -2.70. The predicted octanol–water partition coefficient (Wildman–Crippen LogP) is 2.96. The fourth-order valence-corrected chi connectivity index (χ4v) is 4.53. The lowest BCUT2D eigenvalue weighted by Gasteiger charge is -2.05. The van der Waals surface area contributed by atoms with Crippen LogP contribution >= 0.6 is 22.7 Å². The Bertz CT molecular complexity index is 894. The van der Waals surface area contributed by atoms with E-state index in [0.29, 0.717) is 22.2 Å². The second-order valence-corrected chi connectivity index (χ2v) is 7.47. The third kappa shape index (κ3) is 3.92. The highest BCUT2D eigenvalue weighted by Gasteiger charge is 2.23. The van der Waals surface area contributed by atoms with Gasteiger partial charge in [-0.3, -0.25) is 4.79 Å². The zero-order valence-corrected chi connectivity index (χ0v) is 15.5. The summed E-state index contributed by atoms with van der Waals surface area (Å²) in [5.41, 5.74) is 1.70. The lowest BCUT2D eigenvalue weighted by molar-refractivity contribution is -0.119. The Balaban J connectivity index is 1.54. The van der Waals surface area contributed by atoms with Gasteiger partial charge in [0, 0.05) is 16.8 Å². The highest BCUT2D eigenvalue weighted by molar-refractivity contribution is 7.16. The molecule has 7 nitrogen and oxygen atoms in total. The van der Waals surface area contributed by atoms with Gasteiger partial charge < -0.3 is 15.4 Å². The molecule has 0 aliphatic heterocycles. The molecule has 2 aromatic rings. The molecule has 0 saturated carbocycles. The van der Waals surface area contributed by atoms with E-state index in [4.69, 9.17) is 4.74 Å². The largest absolute Gasteiger partial charge is 0.451 e. The summed E-state index contributed by atoms with van der Waals surface area (Å²) in [5.74, 6) is -1.15. The third-order valence-electron chi connectivity index (χ3n) is 3.73. The molecule has 0 unspecified atom stereocenters. The molecular weight excluding hydrogens is 372 g/mol. The Morgan fingerprint density at radius 2 is 2.31 bits per heavy atom. The van der Waals surface area contributed by atoms with Crippen molar-refractivity contribution in [2.24, 2.45) is 0 Å². The van der Waals surface area contributed by atoms with Gasteiger partial charge in [0.1, 0.15) is 11.1 Å². The van der Waals surface area contributed by atoms with Gasteiger partial charge in [-0.1, -0.05) is 6.08 Å². The van der Waals surface area contributed by atoms with Gasteiger partial charge in [0.05, 0.1) is 5.56 Å². The first-order valence-electron chi connectivity index (χ1n) is 7.94. The number of nitrogens with zero attached hydrogens (tertiary/aromatic N) is 2. The second-order valence-electron chi connectivity index (χ2n) is 5.51. The van der Waals surface area contributed by atoms with Crippen molar-refractivity contribution in [2.45, 2.75) is 19.3 Å². The van der Waals surface area contributed by atoms with Gasteiger partial charge in [-0.2, -0.15) is 5.26 Å². The number of carbonyl (C=O) groups is 2. The van der Waals surface area contributed by atoms with Crippen LogP contribution in [-0.4, -0.2) is 30.0 Å². The third-order valence-corrected chi connectivity index (χ3v) is 5.74. The molecule has 3 rings (SSSR count). The molecule has 9 heteroatoms. The molecule has 0 spiro atoms. The van der Waals surface area contributed by atoms with Crippen LogP contribution in [-0.2, 0) is 22.4 Å². The minimum atomic E-state index is -0.669. The molecule has 0 bridgehead atoms. The molecule has 0 radical (unpaired) electrons. The molecule has 2 heterocycles. The van der Waals surface area contributed by atoms with Crippen LogP contribution in [0, 0.1) is 11.3 Å². The van der Waals surface area contributed by atoms with Gasteiger partial charge in [-0.25, -0.2) is 9.78 Å². The van der Waals surface area contributed by atoms with E-state index in [-0.39, 0.29) is 5.69 Å². The Morgan fingerprint density at radius 1 is 1.46 bits per heavy atom. The number of thiophene rings is 1. The molecule has 1 aliphatic carbocycles. The van der Waals surface area contributed by atoms with E-state index in [9.17, 15) is 14.9 Å². The summed E-state index contributed by atoms with van der Waals surface area (Å²) in [6, 6.07) is 2.16. The van der Waals surface area contributed by atoms with Crippen LogP contribution in [0.4, 0.5) is 10.1 Å². The average Bonchev–Trinajstić information content (AvgIpc) is 3.33. The van der Waals surface area contributed by atoms with Crippen molar-refractivity contribution in [2.75, 3.05) is 23.8 Å². The smallest absolute Gasteiger partial charge is 0.358 e. The van der Waals surface area contributed by atoms with Crippen LogP contribution in [0.2, 0.25) is 0 Å². The predicted molar refractivity (Wildman–Crippen MR) is 101 cm³/mol. The van der Waals surface area contributed by atoms with Crippen molar-refractivity contribution in [1.82, 2.24) is 4.98 Å². The minimum absolute atomic E-state index is 0.141. The second kappa shape index (κ2) is 8.12. The quantitative estimate of drug-likeness (QED) is 0.558. The monoisotopic (exact) mass is 388 g/mol. The number of esters is 1. The highest BCUT2D eigenvalue weighted by Crippen LogP contribution is 2.38. The van der Waals surface area contributed by atoms with Crippen LogP contribution < -0.4 is 10.6 Å². The number of aryl methyl sites for hydroxylation is 1. The normalized spacial score (nSPS) is 12.1. The van der Waals surface area contributed by atoms with E-state index < -0.39 is 18.5 Å². The van der Waals surface area contributed by atoms with Crippen molar-refractivity contribution in [3.8, 4) is 6.07 Å². The van der Waals surface area contributed by atoms with Gasteiger partial charge >= 0.3 is 5.97 Å². The zero-order valence-electron chi connectivity index (χ0n) is 13.8. The zero-order chi connectivity index (χ0) is 18.5. The Kier molecular flexibility index (Phi) is 5.65. The first kappa shape index (κ1) is 18.1. The maximum absolute atomic E-state index is 12.1. The van der Waals surface area contributed by atoms with Crippen LogP contribution in [0.1, 0.15) is 32.9 Å². The number of ether oxygens (including phenoxy) is 1. The molecule has 1 aliphatic rings. The van der Waals surface area contributed by atoms with Crippen LogP contribution in [0.15, 0.2) is 18.0 Å². The number of amides is 1. The van der Waals surface area contributed by atoms with E-state index in [1.807, 2.05) is 0 Å². The van der Waals surface area contributed by atoms with Crippen LogP contribution in [0.25, 0.3) is 0 Å². The number of aromatic nitrogens is 1. The number of fused-ring (bicyclic) bond motifs is 1. The van der Waals surface area contributed by atoms with Crippen molar-refractivity contribution < 1.29 is 14.3 Å². The number of nitriles is 1. The van der Waals surface area contributed by atoms with E-state index >= 15 is 0 Å². The van der Waals surface area contributed by atoms with E-state index in [2.05, 4.69) is 28.3 Å². The molecule has 0 atom stereocenters. The molecule has 1 amide bonds. The molecule has 0 aromatic carbocycles. The lowest BCUT2D eigenvalue weighted by Crippen LogP contribution is -2.21. The van der Waals surface area contributed by atoms with Gasteiger partial charge in [0.15, 0.2) is 17.4 Å². The molecule has 2 aromatic heterocycles. The summed E-state index contributed by atoms with van der Waals surface area (Å²) in [4.78, 5) is 29.3. The summed E-state index contributed by atoms with van der Waals surface area (Å²) >= 11 is 2.69. The van der Waals surface area contributed by atoms with Gasteiger partial charge in [0.2, 0.25) is 0 Å². The minimum Gasteiger partial charge on any atom is -0.451 e. The summed E-state index contributed by atoms with van der Waals surface area (Å²) < 4.78 is 5.00. The lowest BCUT2D eigenvalue weighted by atomic mass is 10.1. The van der Waals surface area contributed by atoms with E-state index in [1.54, 1.807) is 11.5 Å². The fourth-order valence-electron chi connectivity index (χ4n) is 2.59. The molecular formula is C17H16N4O3S2. The molecule has 0 fully saturated rings. The Morgan fingerprint density at radius 3 is 3.08 bits per heavy atom. The van der Waals surface area contributed by atoms with Gasteiger partial charge in [-0.15, -0.1) is 29.3 Å². The molecule has 134 valence electrons. The summed E-state index contributed by atoms with van der Waals surface area (Å²) in [7, 11) is 0. The van der Waals surface area contributed by atoms with Crippen molar-refractivity contribution in [1.29, 1.82) is 5.26 Å². The van der Waals surface area contributed by atoms with Crippen LogP contribution in [0.3, 0.4) is 0 Å². The van der Waals surface area contributed by atoms with Crippen molar-refractivity contribution >= 4 is 44.7 Å². The molecule has 0 saturated heterocycles. The highest BCUT2D eigenvalue weighted by atomic mass is 32.1. The first-order valence-corrected chi connectivity index (χ1v) is 9.64. The maximum Gasteiger partial charge on any atom is 0.358 e. The number of rotatable bonds is 7. The molecule has 26 heavy (non-hydrogen) atoms. The summed E-state index contributed by atoms with van der Waals surface area (Å²) in [5, 5.41) is 17.6. The first-order chi connectivity index (χ1) is 12.6. The number of carbonyl (C=O) groups excluding carboxylic acids is 2. The molecule has 2 N–H and O–H groups in total. The number of nitrogens with one attached hydrogen (secondary N) is 2. The topological polar surface area (TPSA) is 104 Å². The van der Waals surface area contributed by atoms with E-state index in [1.165, 1.54) is 22.7 Å². The van der Waals surface area contributed by atoms with Gasteiger partial charge in [0.25, 0.3) is 5.91 Å². The standard InChI is InChI=1S/C17H16N4O3S2/c1-2-6-19-17-20-12(9-25-17)16(23)24-8-14(22)21-15-11(7-18)10-4-3-5-13(10)26-15/h2,9H,1,3-6,8H2,(H,19,20)(H,21,22). The number of hydrogen-bond acceptors (Lipinski definition) is 8. The number of anilines is 2. The SMILES string of the molecule is C=CCNc1nc(C(=O)OCC(=O)Nc2sc3c(c2C#N)CCC3)cs1. The summed E-state index contributed by atoms with van der Waals surface area (Å²) in [6.07, 6.45) is 4.52. The van der Waals surface area contributed by atoms with Crippen LogP contribution in [0.5, 0.6) is 0 Å². The number of thiazole rings is 1. The van der Waals surface area contributed by atoms with E-state index in [0.717, 1.165) is 29.7 Å². The Labute approximate surface area is 158 Å². The van der Waals surface area contributed by atoms with Gasteiger partial charge in [-0.05, 0) is 24.8 Å². The maximum atomic E-state index is 12.1. The number of hydrogen-bond donors (Lipinski definition) is 2. The van der Waals surface area contributed by atoms with Crippen molar-refractivity contribution in [3.05, 3.63) is 39.7 Å².